The van der Waals surface area contributed by atoms with Gasteiger partial charge in [-0.2, -0.15) is 0 Å². The molecule has 1 amide bonds. The normalized spacial score (nSPS) is 9.31. The van der Waals surface area contributed by atoms with Crippen LogP contribution in [0.3, 0.4) is 0 Å². The van der Waals surface area contributed by atoms with E-state index in [1.54, 1.807) is 0 Å². The number of amides is 1. The molecule has 0 unspecified atom stereocenters. The molecule has 3 nitrogen and oxygen atoms in total. The van der Waals surface area contributed by atoms with E-state index in [-0.39, 0.29) is 0 Å². The van der Waals surface area contributed by atoms with Crippen molar-refractivity contribution < 1.29 is 14.3 Å². The van der Waals surface area contributed by atoms with Crippen LogP contribution in [-0.4, -0.2) is 11.0 Å². The molecule has 0 bridgehead atoms. The molecule has 68 valence electrons. The second kappa shape index (κ2) is 3.71. The number of carbonyl (C=O) groups is 1. The van der Waals surface area contributed by atoms with Gasteiger partial charge < -0.3 is 10.4 Å². The third kappa shape index (κ3) is 2.30. The number of phenolic OH excluding ortho intramolecular Hbond substituents is 1. The summed E-state index contributed by atoms with van der Waals surface area (Å²) >= 11 is 0. The molecule has 0 saturated carbocycles. The second-order valence-corrected chi connectivity index (χ2v) is 2.36. The zero-order valence-electron chi connectivity index (χ0n) is 6.75. The number of aromatic hydroxyl groups is 1. The van der Waals surface area contributed by atoms with Crippen LogP contribution >= 0.6 is 0 Å². The molecule has 0 aromatic heterocycles. The highest BCUT2D eigenvalue weighted by atomic mass is 19.1. The highest BCUT2D eigenvalue weighted by molar-refractivity contribution is 5.98. The van der Waals surface area contributed by atoms with Gasteiger partial charge in [0.05, 0.1) is 0 Å². The van der Waals surface area contributed by atoms with Crippen molar-refractivity contribution in [2.75, 3.05) is 5.32 Å². The fourth-order valence-electron chi connectivity index (χ4n) is 0.784. The maximum absolute atomic E-state index is 12.5. The molecule has 0 atom stereocenters. The van der Waals surface area contributed by atoms with Crippen molar-refractivity contribution in [3.63, 3.8) is 0 Å². The highest BCUT2D eigenvalue weighted by Crippen LogP contribution is 2.19. The summed E-state index contributed by atoms with van der Waals surface area (Å²) in [5, 5.41) is 11.3. The number of hydrogen-bond acceptors (Lipinski definition) is 2. The molecular formula is C9H8FNO2. The molecule has 1 aromatic rings. The number of benzene rings is 1. The molecule has 1 aromatic carbocycles. The summed E-state index contributed by atoms with van der Waals surface area (Å²) in [4.78, 5) is 10.8. The summed E-state index contributed by atoms with van der Waals surface area (Å²) in [5.41, 5.74) is 0.323. The quantitative estimate of drug-likeness (QED) is 0.681. The number of rotatable bonds is 2. The van der Waals surface area contributed by atoms with Crippen molar-refractivity contribution in [1.29, 1.82) is 0 Å². The molecule has 0 aliphatic heterocycles. The fourth-order valence-corrected chi connectivity index (χ4v) is 0.784. The second-order valence-electron chi connectivity index (χ2n) is 2.36. The van der Waals surface area contributed by atoms with Crippen molar-refractivity contribution in [2.24, 2.45) is 0 Å². The summed E-state index contributed by atoms with van der Waals surface area (Å²) in [6.07, 6.45) is 1.08. The van der Waals surface area contributed by atoms with Crippen LogP contribution in [0.25, 0.3) is 0 Å². The van der Waals surface area contributed by atoms with E-state index < -0.39 is 17.5 Å². The van der Waals surface area contributed by atoms with Crippen molar-refractivity contribution >= 4 is 11.6 Å². The largest absolute Gasteiger partial charge is 0.505 e. The monoisotopic (exact) mass is 181 g/mol. The minimum atomic E-state index is -0.725. The van der Waals surface area contributed by atoms with E-state index >= 15 is 0 Å². The van der Waals surface area contributed by atoms with Crippen LogP contribution in [0, 0.1) is 5.82 Å². The summed E-state index contributed by atoms with van der Waals surface area (Å²) < 4.78 is 12.5. The first kappa shape index (κ1) is 9.25. The van der Waals surface area contributed by atoms with E-state index in [1.807, 2.05) is 0 Å². The molecule has 0 aliphatic rings. The molecule has 0 spiro atoms. The van der Waals surface area contributed by atoms with Gasteiger partial charge in [0.2, 0.25) is 5.91 Å². The summed E-state index contributed by atoms with van der Waals surface area (Å²) in [5.74, 6) is -1.63. The molecular weight excluding hydrogens is 173 g/mol. The molecule has 0 aliphatic carbocycles. The number of anilines is 1. The predicted molar refractivity (Wildman–Crippen MR) is 46.9 cm³/mol. The summed E-state index contributed by atoms with van der Waals surface area (Å²) in [7, 11) is 0. The highest BCUT2D eigenvalue weighted by Gasteiger charge is 2.02. The van der Waals surface area contributed by atoms with E-state index in [9.17, 15) is 9.18 Å². The smallest absolute Gasteiger partial charge is 0.247 e. The fraction of sp³-hybridized carbons (Fsp3) is 0. The maximum Gasteiger partial charge on any atom is 0.247 e. The predicted octanol–water partition coefficient (Wildman–Crippen LogP) is 1.66. The number of nitrogens with one attached hydrogen (secondary N) is 1. The average Bonchev–Trinajstić information content (AvgIpc) is 2.11. The molecule has 13 heavy (non-hydrogen) atoms. The third-order valence-corrected chi connectivity index (χ3v) is 1.40. The van der Waals surface area contributed by atoms with Gasteiger partial charge in [-0.25, -0.2) is 4.39 Å². The van der Waals surface area contributed by atoms with Crippen molar-refractivity contribution in [1.82, 2.24) is 0 Å². The van der Waals surface area contributed by atoms with Crippen LogP contribution in [0.15, 0.2) is 30.9 Å². The lowest BCUT2D eigenvalue weighted by molar-refractivity contribution is -0.111. The van der Waals surface area contributed by atoms with Gasteiger partial charge in [0.25, 0.3) is 0 Å². The molecule has 0 fully saturated rings. The Morgan fingerprint density at radius 2 is 2.31 bits per heavy atom. The van der Waals surface area contributed by atoms with Gasteiger partial charge in [-0.05, 0) is 18.2 Å². The SMILES string of the molecule is C=CC(=O)Nc1ccc(F)c(O)c1. The number of carbonyl (C=O) groups excluding carboxylic acids is 1. The lowest BCUT2D eigenvalue weighted by Gasteiger charge is -2.02. The van der Waals surface area contributed by atoms with Crippen LogP contribution in [0.2, 0.25) is 0 Å². The molecule has 0 saturated heterocycles. The first-order valence-corrected chi connectivity index (χ1v) is 3.55. The van der Waals surface area contributed by atoms with Crippen LogP contribution in [0.5, 0.6) is 5.75 Å². The van der Waals surface area contributed by atoms with Crippen molar-refractivity contribution in [2.45, 2.75) is 0 Å². The Morgan fingerprint density at radius 3 is 2.85 bits per heavy atom. The Morgan fingerprint density at radius 1 is 1.62 bits per heavy atom. The summed E-state index contributed by atoms with van der Waals surface area (Å²) in [6, 6.07) is 3.53. The molecule has 0 heterocycles. The number of hydrogen-bond donors (Lipinski definition) is 2. The average molecular weight is 181 g/mol. The number of phenols is 1. The Labute approximate surface area is 74.5 Å². The molecule has 4 heteroatoms. The van der Waals surface area contributed by atoms with Gasteiger partial charge >= 0.3 is 0 Å². The topological polar surface area (TPSA) is 49.3 Å². The Hall–Kier alpha value is -1.84. The minimum Gasteiger partial charge on any atom is -0.505 e. The Kier molecular flexibility index (Phi) is 2.64. The lowest BCUT2D eigenvalue weighted by atomic mass is 10.3. The van der Waals surface area contributed by atoms with E-state index in [4.69, 9.17) is 5.11 Å². The standard InChI is InChI=1S/C9H8FNO2/c1-2-9(13)11-6-3-4-7(10)8(12)5-6/h2-5,12H,1H2,(H,11,13). The molecule has 0 radical (unpaired) electrons. The number of halogens is 1. The third-order valence-electron chi connectivity index (χ3n) is 1.40. The van der Waals surface area contributed by atoms with Crippen molar-refractivity contribution in [3.05, 3.63) is 36.7 Å². The minimum absolute atomic E-state index is 0.323. The van der Waals surface area contributed by atoms with Crippen LogP contribution < -0.4 is 5.32 Å². The van der Waals surface area contributed by atoms with E-state index in [0.717, 1.165) is 18.2 Å². The first-order valence-electron chi connectivity index (χ1n) is 3.55. The summed E-state index contributed by atoms with van der Waals surface area (Å²) in [6.45, 7) is 3.25. The molecule has 2 N–H and O–H groups in total. The Bertz CT molecular complexity index is 349. The molecule has 1 rings (SSSR count). The van der Waals surface area contributed by atoms with E-state index in [2.05, 4.69) is 11.9 Å². The zero-order valence-corrected chi connectivity index (χ0v) is 6.75. The van der Waals surface area contributed by atoms with Crippen molar-refractivity contribution in [3.8, 4) is 5.75 Å². The van der Waals surface area contributed by atoms with Gasteiger partial charge in [0.15, 0.2) is 11.6 Å². The lowest BCUT2D eigenvalue weighted by Crippen LogP contribution is -2.06. The van der Waals surface area contributed by atoms with Crippen LogP contribution in [0.4, 0.5) is 10.1 Å². The van der Waals surface area contributed by atoms with Crippen LogP contribution in [0.1, 0.15) is 0 Å². The van der Waals surface area contributed by atoms with E-state index in [0.29, 0.717) is 5.69 Å². The van der Waals surface area contributed by atoms with Gasteiger partial charge in [-0.3, -0.25) is 4.79 Å². The zero-order chi connectivity index (χ0) is 9.84. The van der Waals surface area contributed by atoms with Gasteiger partial charge in [0, 0.05) is 11.8 Å². The maximum atomic E-state index is 12.5. The van der Waals surface area contributed by atoms with E-state index in [1.165, 1.54) is 6.07 Å². The Balaban J connectivity index is 2.85. The van der Waals surface area contributed by atoms with Gasteiger partial charge in [0.1, 0.15) is 0 Å². The van der Waals surface area contributed by atoms with Crippen LogP contribution in [-0.2, 0) is 4.79 Å². The first-order chi connectivity index (χ1) is 6.13. The van der Waals surface area contributed by atoms with Gasteiger partial charge in [-0.15, -0.1) is 0 Å². The van der Waals surface area contributed by atoms with Gasteiger partial charge in [-0.1, -0.05) is 6.58 Å².